The average molecular weight is 654 g/mol. The van der Waals surface area contributed by atoms with E-state index in [9.17, 15) is 9.59 Å². The number of halogens is 2. The molecule has 1 aliphatic rings. The number of ether oxygens (including phenoxy) is 2. The fourth-order valence-corrected chi connectivity index (χ4v) is 6.45. The molecular formula is C38H37ClFN3O4. The molecule has 0 saturated heterocycles. The number of carbonyl (C=O) groups excluding carboxylic acids is 2. The van der Waals surface area contributed by atoms with Gasteiger partial charge < -0.3 is 19.4 Å². The number of hydrogen-bond donors (Lipinski definition) is 1. The molecular weight excluding hydrogens is 617 g/mol. The van der Waals surface area contributed by atoms with Crippen molar-refractivity contribution in [1.82, 2.24) is 9.55 Å². The molecule has 0 unspecified atom stereocenters. The fourth-order valence-electron chi connectivity index (χ4n) is 6.32. The molecule has 1 fully saturated rings. The minimum Gasteiger partial charge on any atom is -0.489 e. The van der Waals surface area contributed by atoms with E-state index in [2.05, 4.69) is 9.88 Å². The highest BCUT2D eigenvalue weighted by Crippen LogP contribution is 2.38. The Labute approximate surface area is 278 Å². The van der Waals surface area contributed by atoms with E-state index in [0.29, 0.717) is 45.3 Å². The maximum atomic E-state index is 16.0. The number of fused-ring (bicyclic) bond motifs is 1. The summed E-state index contributed by atoms with van der Waals surface area (Å²) in [5.41, 5.74) is 5.59. The molecule has 9 heteroatoms. The summed E-state index contributed by atoms with van der Waals surface area (Å²) in [6.07, 6.45) is 6.51. The van der Waals surface area contributed by atoms with Crippen LogP contribution in [-0.4, -0.2) is 28.5 Å². The van der Waals surface area contributed by atoms with Crippen molar-refractivity contribution in [2.45, 2.75) is 64.5 Å². The maximum Gasteiger partial charge on any atom is 0.337 e. The topological polar surface area (TPSA) is 82.4 Å². The number of nitrogens with zero attached hydrogens (tertiary/aromatic N) is 2. The van der Waals surface area contributed by atoms with Gasteiger partial charge in [0.2, 0.25) is 5.91 Å². The van der Waals surface area contributed by atoms with Gasteiger partial charge in [-0.15, -0.1) is 0 Å². The number of anilines is 1. The number of aromatic nitrogens is 2. The van der Waals surface area contributed by atoms with E-state index in [1.54, 1.807) is 24.3 Å². The van der Waals surface area contributed by atoms with E-state index in [4.69, 9.17) is 26.1 Å². The van der Waals surface area contributed by atoms with Crippen LogP contribution in [0.2, 0.25) is 5.02 Å². The summed E-state index contributed by atoms with van der Waals surface area (Å²) in [7, 11) is 1.35. The second-order valence-electron chi connectivity index (χ2n) is 11.9. The molecule has 1 N–H and O–H groups in total. The molecule has 0 radical (unpaired) electrons. The van der Waals surface area contributed by atoms with Crippen LogP contribution in [0.1, 0.15) is 73.8 Å². The molecule has 5 aromatic rings. The van der Waals surface area contributed by atoms with Gasteiger partial charge in [0.1, 0.15) is 24.0 Å². The zero-order chi connectivity index (χ0) is 32.9. The number of benzene rings is 4. The van der Waals surface area contributed by atoms with Crippen LogP contribution in [-0.2, 0) is 16.1 Å². The number of hydrogen-bond acceptors (Lipinski definition) is 5. The summed E-state index contributed by atoms with van der Waals surface area (Å²) in [6, 6.07) is 23.5. The number of carbonyl (C=O) groups is 2. The SMILES string of the molecule is CCCC(=O)Nc1ccc(-c2ccc(Cl)cc2)c(COc2ccc(-c3nc4cc(C(=O)OC)ccc4n3C3CCCCC3)c(F)c2)c1. The molecule has 1 aromatic heterocycles. The zero-order valence-electron chi connectivity index (χ0n) is 26.5. The highest BCUT2D eigenvalue weighted by molar-refractivity contribution is 6.30. The molecule has 0 atom stereocenters. The first-order chi connectivity index (χ1) is 22.8. The molecule has 1 saturated carbocycles. The molecule has 1 aliphatic carbocycles. The third-order valence-electron chi connectivity index (χ3n) is 8.65. The molecule has 1 amide bonds. The van der Waals surface area contributed by atoms with Crippen molar-refractivity contribution < 1.29 is 23.5 Å². The Kier molecular flexibility index (Phi) is 9.87. The Morgan fingerprint density at radius 3 is 2.45 bits per heavy atom. The predicted octanol–water partition coefficient (Wildman–Crippen LogP) is 9.77. The minimum absolute atomic E-state index is 0.0583. The number of esters is 1. The lowest BCUT2D eigenvalue weighted by Gasteiger charge is -2.25. The molecule has 4 aromatic carbocycles. The lowest BCUT2D eigenvalue weighted by Crippen LogP contribution is -2.14. The van der Waals surface area contributed by atoms with Gasteiger partial charge in [-0.05, 0) is 90.6 Å². The first-order valence-corrected chi connectivity index (χ1v) is 16.4. The smallest absolute Gasteiger partial charge is 0.337 e. The average Bonchev–Trinajstić information content (AvgIpc) is 3.46. The minimum atomic E-state index is -0.457. The van der Waals surface area contributed by atoms with Gasteiger partial charge in [-0.1, -0.05) is 56.0 Å². The van der Waals surface area contributed by atoms with Crippen molar-refractivity contribution in [2.75, 3.05) is 12.4 Å². The first-order valence-electron chi connectivity index (χ1n) is 16.1. The summed E-state index contributed by atoms with van der Waals surface area (Å²) in [6.45, 7) is 2.10. The molecule has 0 bridgehead atoms. The molecule has 1 heterocycles. The highest BCUT2D eigenvalue weighted by atomic mass is 35.5. The van der Waals surface area contributed by atoms with Crippen LogP contribution < -0.4 is 10.1 Å². The van der Waals surface area contributed by atoms with Gasteiger partial charge in [-0.3, -0.25) is 4.79 Å². The molecule has 0 spiro atoms. The number of methoxy groups -OCH3 is 1. The van der Waals surface area contributed by atoms with Gasteiger partial charge >= 0.3 is 5.97 Å². The quantitative estimate of drug-likeness (QED) is 0.152. The van der Waals surface area contributed by atoms with E-state index in [-0.39, 0.29) is 18.6 Å². The molecule has 242 valence electrons. The Bertz CT molecular complexity index is 1910. The number of imidazole rings is 1. The van der Waals surface area contributed by atoms with Crippen molar-refractivity contribution in [3.63, 3.8) is 0 Å². The zero-order valence-corrected chi connectivity index (χ0v) is 27.3. The summed E-state index contributed by atoms with van der Waals surface area (Å²) in [5.74, 6) is -0.0689. The second kappa shape index (κ2) is 14.4. The normalized spacial score (nSPS) is 13.4. The molecule has 7 nitrogen and oxygen atoms in total. The van der Waals surface area contributed by atoms with Crippen molar-refractivity contribution in [3.05, 3.63) is 101 Å². The van der Waals surface area contributed by atoms with E-state index >= 15 is 4.39 Å². The van der Waals surface area contributed by atoms with Gasteiger partial charge in [-0.2, -0.15) is 0 Å². The van der Waals surface area contributed by atoms with Crippen LogP contribution in [0.25, 0.3) is 33.5 Å². The third-order valence-corrected chi connectivity index (χ3v) is 8.90. The summed E-state index contributed by atoms with van der Waals surface area (Å²) >= 11 is 6.13. The lowest BCUT2D eigenvalue weighted by molar-refractivity contribution is -0.116. The van der Waals surface area contributed by atoms with Crippen molar-refractivity contribution in [1.29, 1.82) is 0 Å². The van der Waals surface area contributed by atoms with E-state index in [1.807, 2.05) is 55.5 Å². The largest absolute Gasteiger partial charge is 0.489 e. The van der Waals surface area contributed by atoms with Crippen LogP contribution in [0.3, 0.4) is 0 Å². The van der Waals surface area contributed by atoms with Crippen LogP contribution in [0.5, 0.6) is 5.75 Å². The predicted molar refractivity (Wildman–Crippen MR) is 183 cm³/mol. The van der Waals surface area contributed by atoms with Gasteiger partial charge in [-0.25, -0.2) is 14.2 Å². The van der Waals surface area contributed by atoms with Gasteiger partial charge in [0.25, 0.3) is 0 Å². The Morgan fingerprint density at radius 2 is 1.72 bits per heavy atom. The van der Waals surface area contributed by atoms with Crippen molar-refractivity contribution in [2.24, 2.45) is 0 Å². The molecule has 0 aliphatic heterocycles. The Morgan fingerprint density at radius 1 is 0.957 bits per heavy atom. The van der Waals surface area contributed by atoms with E-state index in [0.717, 1.165) is 54.3 Å². The van der Waals surface area contributed by atoms with E-state index < -0.39 is 11.8 Å². The highest BCUT2D eigenvalue weighted by Gasteiger charge is 2.25. The van der Waals surface area contributed by atoms with Crippen molar-refractivity contribution >= 4 is 40.2 Å². The number of nitrogens with one attached hydrogen (secondary N) is 1. The number of rotatable bonds is 10. The van der Waals surface area contributed by atoms with Gasteiger partial charge in [0.15, 0.2) is 0 Å². The van der Waals surface area contributed by atoms with Gasteiger partial charge in [0.05, 0.1) is 29.3 Å². The van der Waals surface area contributed by atoms with Gasteiger partial charge in [0, 0.05) is 29.2 Å². The second-order valence-corrected chi connectivity index (χ2v) is 12.3. The van der Waals surface area contributed by atoms with Crippen LogP contribution >= 0.6 is 11.6 Å². The van der Waals surface area contributed by atoms with Crippen LogP contribution in [0.4, 0.5) is 10.1 Å². The Hall–Kier alpha value is -4.69. The third kappa shape index (κ3) is 7.18. The summed E-state index contributed by atoms with van der Waals surface area (Å²) < 4.78 is 29.2. The van der Waals surface area contributed by atoms with Crippen LogP contribution in [0.15, 0.2) is 78.9 Å². The number of amides is 1. The molecule has 47 heavy (non-hydrogen) atoms. The summed E-state index contributed by atoms with van der Waals surface area (Å²) in [4.78, 5) is 29.4. The standard InChI is InChI=1S/C38H37ClFN3O4/c1-3-7-36(44)41-28-15-17-31(24-10-13-27(39)14-11-24)26(20-28)23-47-30-16-18-32(33(40)22-30)37-42-34-21-25(38(45)46-2)12-19-35(34)43(37)29-8-5-4-6-9-29/h10-22,29H,3-9,23H2,1-2H3,(H,41,44). The van der Waals surface area contributed by atoms with Crippen molar-refractivity contribution in [3.8, 4) is 28.3 Å². The lowest BCUT2D eigenvalue weighted by atomic mass is 9.94. The maximum absolute atomic E-state index is 16.0. The monoisotopic (exact) mass is 653 g/mol. The van der Waals surface area contributed by atoms with Crippen LogP contribution in [0, 0.1) is 5.82 Å². The molecule has 6 rings (SSSR count). The fraction of sp³-hybridized carbons (Fsp3) is 0.289. The summed E-state index contributed by atoms with van der Waals surface area (Å²) in [5, 5.41) is 3.58. The first kappa shape index (κ1) is 32.3. The Balaban J connectivity index is 1.31. The van der Waals surface area contributed by atoms with E-state index in [1.165, 1.54) is 19.6 Å².